The molecule has 0 N–H and O–H groups in total. The Bertz CT molecular complexity index is 689. The minimum atomic E-state index is 0.339. The molecule has 5 heteroatoms. The van der Waals surface area contributed by atoms with Crippen molar-refractivity contribution in [1.82, 2.24) is 14.9 Å². The minimum absolute atomic E-state index is 0.339. The van der Waals surface area contributed by atoms with E-state index < -0.39 is 0 Å². The monoisotopic (exact) mass is 296 g/mol. The number of nitrogens with zero attached hydrogens (tertiary/aromatic N) is 4. The van der Waals surface area contributed by atoms with Gasteiger partial charge >= 0.3 is 0 Å². The molecule has 1 aromatic carbocycles. The van der Waals surface area contributed by atoms with Crippen LogP contribution in [0.5, 0.6) is 0 Å². The number of piperidine rings is 1. The third kappa shape index (κ3) is 2.30. The van der Waals surface area contributed by atoms with Crippen molar-refractivity contribution >= 4 is 22.6 Å². The van der Waals surface area contributed by atoms with Crippen LogP contribution < -0.4 is 4.90 Å². The number of rotatable bonds is 2. The van der Waals surface area contributed by atoms with Crippen molar-refractivity contribution in [2.45, 2.75) is 31.7 Å². The number of anilines is 1. The summed E-state index contributed by atoms with van der Waals surface area (Å²) in [6, 6.07) is 8.56. The van der Waals surface area contributed by atoms with E-state index in [1.165, 1.54) is 0 Å². The van der Waals surface area contributed by atoms with Crippen molar-refractivity contribution in [2.24, 2.45) is 0 Å². The number of aromatic nitrogens is 2. The Morgan fingerprint density at radius 3 is 2.64 bits per heavy atom. The molecule has 0 atom stereocenters. The van der Waals surface area contributed by atoms with E-state index in [0.29, 0.717) is 11.9 Å². The van der Waals surface area contributed by atoms with Gasteiger partial charge in [0.1, 0.15) is 12.1 Å². The molecule has 2 aromatic rings. The highest BCUT2D eigenvalue weighted by Crippen LogP contribution is 2.28. The maximum absolute atomic E-state index is 11.9. The van der Waals surface area contributed by atoms with E-state index in [-0.39, 0.29) is 0 Å². The summed E-state index contributed by atoms with van der Waals surface area (Å²) in [5, 5.41) is 1.11. The average Bonchev–Trinajstić information content (AvgIpc) is 3.01. The van der Waals surface area contributed by atoms with E-state index in [4.69, 9.17) is 0 Å². The molecule has 5 nitrogen and oxygen atoms in total. The van der Waals surface area contributed by atoms with Gasteiger partial charge < -0.3 is 9.80 Å². The highest BCUT2D eigenvalue weighted by Gasteiger charge is 2.31. The average molecular weight is 296 g/mol. The van der Waals surface area contributed by atoms with Crippen molar-refractivity contribution in [2.75, 3.05) is 24.5 Å². The van der Waals surface area contributed by atoms with Crippen LogP contribution in [0.25, 0.3) is 10.9 Å². The van der Waals surface area contributed by atoms with Crippen molar-refractivity contribution in [3.63, 3.8) is 0 Å². The Kier molecular flexibility index (Phi) is 3.41. The largest absolute Gasteiger partial charge is 0.356 e. The van der Waals surface area contributed by atoms with Gasteiger partial charge in [-0.1, -0.05) is 12.1 Å². The normalized spacial score (nSPS) is 20.1. The van der Waals surface area contributed by atoms with E-state index in [1.54, 1.807) is 6.33 Å². The molecule has 0 bridgehead atoms. The number of amides is 1. The number of benzene rings is 1. The van der Waals surface area contributed by atoms with Gasteiger partial charge in [0, 0.05) is 37.5 Å². The molecule has 0 saturated carbocycles. The van der Waals surface area contributed by atoms with Gasteiger partial charge in [0.15, 0.2) is 0 Å². The lowest BCUT2D eigenvalue weighted by Gasteiger charge is -2.37. The maximum atomic E-state index is 11.9. The van der Waals surface area contributed by atoms with Gasteiger partial charge in [-0.3, -0.25) is 4.79 Å². The lowest BCUT2D eigenvalue weighted by molar-refractivity contribution is -0.130. The number of hydrogen-bond acceptors (Lipinski definition) is 4. The molecule has 2 aliphatic heterocycles. The van der Waals surface area contributed by atoms with Crippen molar-refractivity contribution in [1.29, 1.82) is 0 Å². The summed E-state index contributed by atoms with van der Waals surface area (Å²) in [5.74, 6) is 1.36. The van der Waals surface area contributed by atoms with Crippen molar-refractivity contribution in [3.8, 4) is 0 Å². The molecular formula is C17H20N4O. The molecule has 0 aliphatic carbocycles. The van der Waals surface area contributed by atoms with Crippen LogP contribution in [-0.4, -0.2) is 46.5 Å². The summed E-state index contributed by atoms with van der Waals surface area (Å²) in [6.07, 6.45) is 5.47. The SMILES string of the molecule is O=C1CCCN1C1CCN(c2ncnc3ccccc23)CC1. The first-order valence-electron chi connectivity index (χ1n) is 8.07. The fourth-order valence-electron chi connectivity index (χ4n) is 3.69. The highest BCUT2D eigenvalue weighted by molar-refractivity contribution is 5.89. The first kappa shape index (κ1) is 13.5. The van der Waals surface area contributed by atoms with Gasteiger partial charge in [-0.2, -0.15) is 0 Å². The van der Waals surface area contributed by atoms with Gasteiger partial charge in [-0.25, -0.2) is 9.97 Å². The van der Waals surface area contributed by atoms with Crippen LogP contribution in [0.1, 0.15) is 25.7 Å². The fourth-order valence-corrected chi connectivity index (χ4v) is 3.69. The third-order valence-corrected chi connectivity index (χ3v) is 4.84. The molecule has 0 radical (unpaired) electrons. The zero-order valence-corrected chi connectivity index (χ0v) is 12.6. The summed E-state index contributed by atoms with van der Waals surface area (Å²) in [5.41, 5.74) is 0.990. The highest BCUT2D eigenvalue weighted by atomic mass is 16.2. The molecule has 3 heterocycles. The Balaban J connectivity index is 1.52. The van der Waals surface area contributed by atoms with Crippen LogP contribution in [0.2, 0.25) is 0 Å². The molecular weight excluding hydrogens is 276 g/mol. The smallest absolute Gasteiger partial charge is 0.222 e. The molecule has 2 fully saturated rings. The zero-order chi connectivity index (χ0) is 14.9. The summed E-state index contributed by atoms with van der Waals surface area (Å²) in [7, 11) is 0. The Labute approximate surface area is 130 Å². The predicted octanol–water partition coefficient (Wildman–Crippen LogP) is 2.22. The van der Waals surface area contributed by atoms with Crippen LogP contribution in [0.4, 0.5) is 5.82 Å². The van der Waals surface area contributed by atoms with E-state index in [1.807, 2.05) is 18.2 Å². The lowest BCUT2D eigenvalue weighted by Crippen LogP contribution is -2.45. The van der Waals surface area contributed by atoms with Gasteiger partial charge in [-0.15, -0.1) is 0 Å². The van der Waals surface area contributed by atoms with Crippen molar-refractivity contribution in [3.05, 3.63) is 30.6 Å². The van der Waals surface area contributed by atoms with Gasteiger partial charge in [0.2, 0.25) is 5.91 Å². The van der Waals surface area contributed by atoms with Crippen LogP contribution in [-0.2, 0) is 4.79 Å². The van der Waals surface area contributed by atoms with Crippen LogP contribution >= 0.6 is 0 Å². The Morgan fingerprint density at radius 1 is 1.05 bits per heavy atom. The van der Waals surface area contributed by atoms with Gasteiger partial charge in [0.05, 0.1) is 5.52 Å². The van der Waals surface area contributed by atoms with E-state index >= 15 is 0 Å². The zero-order valence-electron chi connectivity index (χ0n) is 12.6. The predicted molar refractivity (Wildman–Crippen MR) is 85.7 cm³/mol. The van der Waals surface area contributed by atoms with E-state index in [2.05, 4.69) is 25.8 Å². The van der Waals surface area contributed by atoms with Crippen LogP contribution in [0.15, 0.2) is 30.6 Å². The summed E-state index contributed by atoms with van der Waals surface area (Å²) in [4.78, 5) is 25.2. The van der Waals surface area contributed by atoms with Gasteiger partial charge in [0.25, 0.3) is 0 Å². The second-order valence-electron chi connectivity index (χ2n) is 6.12. The maximum Gasteiger partial charge on any atom is 0.222 e. The number of fused-ring (bicyclic) bond motifs is 1. The fraction of sp³-hybridized carbons (Fsp3) is 0.471. The number of carbonyl (C=O) groups excluding carboxylic acids is 1. The molecule has 0 spiro atoms. The molecule has 0 unspecified atom stereocenters. The Hall–Kier alpha value is -2.17. The Morgan fingerprint density at radius 2 is 1.86 bits per heavy atom. The minimum Gasteiger partial charge on any atom is -0.356 e. The molecule has 22 heavy (non-hydrogen) atoms. The molecule has 1 aromatic heterocycles. The van der Waals surface area contributed by atoms with E-state index in [0.717, 1.165) is 62.0 Å². The van der Waals surface area contributed by atoms with Crippen LogP contribution in [0.3, 0.4) is 0 Å². The van der Waals surface area contributed by atoms with Crippen LogP contribution in [0, 0.1) is 0 Å². The standard InChI is InChI=1S/C17H20N4O/c22-16-6-3-9-21(16)13-7-10-20(11-8-13)17-14-4-1-2-5-15(14)18-12-19-17/h1-2,4-5,12-13H,3,6-11H2. The molecule has 4 rings (SSSR count). The third-order valence-electron chi connectivity index (χ3n) is 4.84. The molecule has 2 aliphatic rings. The summed E-state index contributed by atoms with van der Waals surface area (Å²) >= 11 is 0. The summed E-state index contributed by atoms with van der Waals surface area (Å²) < 4.78 is 0. The number of carbonyl (C=O) groups is 1. The number of para-hydroxylation sites is 1. The second kappa shape index (κ2) is 5.55. The first-order chi connectivity index (χ1) is 10.8. The molecule has 114 valence electrons. The van der Waals surface area contributed by atoms with Gasteiger partial charge in [-0.05, 0) is 31.4 Å². The number of likely N-dealkylation sites (tertiary alicyclic amines) is 1. The number of hydrogen-bond donors (Lipinski definition) is 0. The topological polar surface area (TPSA) is 49.3 Å². The van der Waals surface area contributed by atoms with E-state index in [9.17, 15) is 4.79 Å². The quantitative estimate of drug-likeness (QED) is 0.852. The summed E-state index contributed by atoms with van der Waals surface area (Å²) in [6.45, 7) is 2.85. The first-order valence-corrected chi connectivity index (χ1v) is 8.07. The molecule has 2 saturated heterocycles. The molecule has 1 amide bonds. The lowest BCUT2D eigenvalue weighted by atomic mass is 10.0. The van der Waals surface area contributed by atoms with Crippen molar-refractivity contribution < 1.29 is 4.79 Å². The second-order valence-corrected chi connectivity index (χ2v) is 6.12.